The first-order chi connectivity index (χ1) is 8.56. The molecule has 0 unspecified atom stereocenters. The van der Waals surface area contributed by atoms with Crippen molar-refractivity contribution in [2.75, 3.05) is 0 Å². The van der Waals surface area contributed by atoms with Gasteiger partial charge in [-0.2, -0.15) is 18.4 Å². The second-order valence-electron chi connectivity index (χ2n) is 3.16. The molecule has 19 heavy (non-hydrogen) atoms. The van der Waals surface area contributed by atoms with Crippen molar-refractivity contribution >= 4 is 22.6 Å². The number of halogens is 7. The molecule has 0 aliphatic rings. The molecule has 1 rings (SSSR count). The first-order valence-electron chi connectivity index (χ1n) is 4.43. The van der Waals surface area contributed by atoms with Crippen LogP contribution in [-0.4, -0.2) is 11.3 Å². The Morgan fingerprint density at radius 1 is 1.26 bits per heavy atom. The van der Waals surface area contributed by atoms with E-state index in [1.54, 1.807) is 0 Å². The molecule has 0 N–H and O–H groups in total. The third kappa shape index (κ3) is 4.12. The zero-order valence-corrected chi connectivity index (χ0v) is 10.9. The van der Waals surface area contributed by atoms with Crippen LogP contribution in [0.5, 0.6) is 5.88 Å². The maximum Gasteiger partial charge on any atom is 0.574 e. The molecule has 0 saturated carbocycles. The van der Waals surface area contributed by atoms with Gasteiger partial charge >= 0.3 is 12.5 Å². The van der Waals surface area contributed by atoms with E-state index in [-0.39, 0.29) is 0 Å². The number of alkyl halides is 6. The van der Waals surface area contributed by atoms with Crippen LogP contribution in [0.2, 0.25) is 0 Å². The largest absolute Gasteiger partial charge is 0.574 e. The minimum atomic E-state index is -5.15. The van der Waals surface area contributed by atoms with Gasteiger partial charge in [0.2, 0.25) is 5.88 Å². The van der Waals surface area contributed by atoms with Crippen LogP contribution in [0.15, 0.2) is 6.20 Å². The smallest absolute Gasteiger partial charge is 0.387 e. The number of pyridine rings is 1. The first-order valence-corrected chi connectivity index (χ1v) is 5.51. The van der Waals surface area contributed by atoms with Gasteiger partial charge in [0.05, 0.1) is 21.6 Å². The summed E-state index contributed by atoms with van der Waals surface area (Å²) in [6.07, 6.45) is -10.1. The highest BCUT2D eigenvalue weighted by Gasteiger charge is 2.40. The molecule has 10 heteroatoms. The lowest BCUT2D eigenvalue weighted by atomic mass is 10.1. The van der Waals surface area contributed by atoms with Crippen molar-refractivity contribution in [2.24, 2.45) is 0 Å². The molecule has 0 radical (unpaired) electrons. The molecule has 1 aromatic heterocycles. The maximum atomic E-state index is 12.8. The molecule has 0 aliphatic heterocycles. The molecule has 0 atom stereocenters. The summed E-state index contributed by atoms with van der Waals surface area (Å²) in [7, 11) is 0. The fourth-order valence-corrected chi connectivity index (χ4v) is 2.11. The molecule has 1 aromatic rings. The van der Waals surface area contributed by atoms with Gasteiger partial charge in [-0.15, -0.1) is 13.2 Å². The minimum Gasteiger partial charge on any atom is -0.387 e. The van der Waals surface area contributed by atoms with E-state index in [1.165, 1.54) is 6.07 Å². The molecule has 1 heterocycles. The highest BCUT2D eigenvalue weighted by Crippen LogP contribution is 2.39. The van der Waals surface area contributed by atoms with Gasteiger partial charge in [0.25, 0.3) is 0 Å². The van der Waals surface area contributed by atoms with E-state index in [9.17, 15) is 26.3 Å². The second kappa shape index (κ2) is 5.40. The zero-order valence-electron chi connectivity index (χ0n) is 8.73. The van der Waals surface area contributed by atoms with Crippen molar-refractivity contribution in [2.45, 2.75) is 19.0 Å². The Hall–Kier alpha value is -1.25. The number of rotatable bonds is 2. The van der Waals surface area contributed by atoms with E-state index in [0.717, 1.165) is 22.6 Å². The van der Waals surface area contributed by atoms with Crippen LogP contribution in [0.25, 0.3) is 0 Å². The van der Waals surface area contributed by atoms with Gasteiger partial charge in [-0.1, -0.05) is 0 Å². The normalized spacial score (nSPS) is 12.1. The lowest BCUT2D eigenvalue weighted by molar-refractivity contribution is -0.276. The van der Waals surface area contributed by atoms with Crippen LogP contribution in [0, 0.1) is 14.9 Å². The lowest BCUT2D eigenvalue weighted by Crippen LogP contribution is -2.21. The fourth-order valence-electron chi connectivity index (χ4n) is 1.21. The van der Waals surface area contributed by atoms with E-state index in [4.69, 9.17) is 5.26 Å². The number of nitriles is 1. The van der Waals surface area contributed by atoms with E-state index in [1.807, 2.05) is 0 Å². The van der Waals surface area contributed by atoms with E-state index in [2.05, 4.69) is 9.72 Å². The van der Waals surface area contributed by atoms with Crippen LogP contribution in [0.3, 0.4) is 0 Å². The Bertz CT molecular complexity index is 519. The van der Waals surface area contributed by atoms with E-state index in [0.29, 0.717) is 6.20 Å². The Morgan fingerprint density at radius 2 is 1.84 bits per heavy atom. The van der Waals surface area contributed by atoms with Gasteiger partial charge in [-0.25, -0.2) is 4.98 Å². The second-order valence-corrected chi connectivity index (χ2v) is 4.24. The predicted octanol–water partition coefficient (Wildman–Crippen LogP) is 3.67. The first kappa shape index (κ1) is 15.8. The third-order valence-electron chi connectivity index (χ3n) is 1.83. The number of ether oxygens (including phenoxy) is 1. The lowest BCUT2D eigenvalue weighted by Gasteiger charge is -2.16. The molecule has 3 nitrogen and oxygen atoms in total. The molecule has 0 bridgehead atoms. The Morgan fingerprint density at radius 3 is 2.26 bits per heavy atom. The van der Waals surface area contributed by atoms with Crippen molar-refractivity contribution in [1.82, 2.24) is 4.98 Å². The predicted molar refractivity (Wildman–Crippen MR) is 58.0 cm³/mol. The van der Waals surface area contributed by atoms with Gasteiger partial charge < -0.3 is 4.74 Å². The summed E-state index contributed by atoms with van der Waals surface area (Å²) in [5, 5.41) is 8.40. The SMILES string of the molecule is N#CCc1cnc(OC(F)(F)F)c(I)c1C(F)(F)F. The van der Waals surface area contributed by atoms with Crippen molar-refractivity contribution in [3.8, 4) is 11.9 Å². The summed E-state index contributed by atoms with van der Waals surface area (Å²) in [4.78, 5) is 3.16. The van der Waals surface area contributed by atoms with E-state index < -0.39 is 39.5 Å². The van der Waals surface area contributed by atoms with Crippen molar-refractivity contribution < 1.29 is 31.1 Å². The standard InChI is InChI=1S/C9H3F6IN2O/c10-8(11,12)5-4(1-2-17)3-18-7(6(5)16)19-9(13,14)15/h3H,1H2. The number of hydrogen-bond donors (Lipinski definition) is 0. The monoisotopic (exact) mass is 396 g/mol. The van der Waals surface area contributed by atoms with Crippen molar-refractivity contribution in [1.29, 1.82) is 5.26 Å². The summed E-state index contributed by atoms with van der Waals surface area (Å²) >= 11 is 1.05. The van der Waals surface area contributed by atoms with Crippen LogP contribution in [0.4, 0.5) is 26.3 Å². The van der Waals surface area contributed by atoms with Crippen LogP contribution < -0.4 is 4.74 Å². The number of aromatic nitrogens is 1. The summed E-state index contributed by atoms with van der Waals surface area (Å²) in [5.74, 6) is -1.19. The molecule has 0 spiro atoms. The van der Waals surface area contributed by atoms with Crippen molar-refractivity contribution in [3.05, 3.63) is 20.9 Å². The third-order valence-corrected chi connectivity index (χ3v) is 2.83. The molecule has 0 aromatic carbocycles. The molecular weight excluding hydrogens is 393 g/mol. The van der Waals surface area contributed by atoms with Crippen LogP contribution in [-0.2, 0) is 12.6 Å². The Labute approximate surface area is 116 Å². The highest BCUT2D eigenvalue weighted by atomic mass is 127. The zero-order chi connectivity index (χ0) is 14.8. The van der Waals surface area contributed by atoms with Crippen LogP contribution in [0.1, 0.15) is 11.1 Å². The Kier molecular flexibility index (Phi) is 4.49. The van der Waals surface area contributed by atoms with E-state index >= 15 is 0 Å². The van der Waals surface area contributed by atoms with Gasteiger partial charge in [-0.05, 0) is 28.2 Å². The molecule has 0 saturated heterocycles. The minimum absolute atomic E-state index is 0.506. The quantitative estimate of drug-likeness (QED) is 0.567. The molecule has 0 fully saturated rings. The molecular formula is C9H3F6IN2O. The number of nitrogens with zero attached hydrogens (tertiary/aromatic N) is 2. The van der Waals surface area contributed by atoms with Gasteiger partial charge in [0, 0.05) is 6.20 Å². The molecule has 0 amide bonds. The average Bonchev–Trinajstić information content (AvgIpc) is 2.19. The van der Waals surface area contributed by atoms with Crippen LogP contribution >= 0.6 is 22.6 Å². The summed E-state index contributed by atoms with van der Waals surface area (Å²) in [5.41, 5.74) is -1.85. The van der Waals surface area contributed by atoms with Gasteiger partial charge in [-0.3, -0.25) is 0 Å². The van der Waals surface area contributed by atoms with Gasteiger partial charge in [0.1, 0.15) is 0 Å². The fraction of sp³-hybridized carbons (Fsp3) is 0.333. The summed E-state index contributed by atoms with van der Waals surface area (Å²) < 4.78 is 76.9. The summed E-state index contributed by atoms with van der Waals surface area (Å²) in [6, 6.07) is 1.49. The average molecular weight is 396 g/mol. The van der Waals surface area contributed by atoms with Crippen molar-refractivity contribution in [3.63, 3.8) is 0 Å². The number of hydrogen-bond acceptors (Lipinski definition) is 3. The molecule has 0 aliphatic carbocycles. The Balaban J connectivity index is 3.39. The highest BCUT2D eigenvalue weighted by molar-refractivity contribution is 14.1. The molecule has 104 valence electrons. The topological polar surface area (TPSA) is 45.9 Å². The summed E-state index contributed by atoms with van der Waals surface area (Å²) in [6.45, 7) is 0. The van der Waals surface area contributed by atoms with Gasteiger partial charge in [0.15, 0.2) is 0 Å². The maximum absolute atomic E-state index is 12.8.